The minimum atomic E-state index is -0.828. The van der Waals surface area contributed by atoms with Gasteiger partial charge in [0.2, 0.25) is 5.95 Å². The molecule has 90 valence electrons. The van der Waals surface area contributed by atoms with Crippen LogP contribution in [0.2, 0.25) is 0 Å². The van der Waals surface area contributed by atoms with E-state index in [2.05, 4.69) is 20.7 Å². The Kier molecular flexibility index (Phi) is 3.99. The zero-order valence-corrected chi connectivity index (χ0v) is 9.36. The Labute approximate surface area is 93.7 Å². The molecule has 0 saturated carbocycles. The summed E-state index contributed by atoms with van der Waals surface area (Å²) in [5, 5.41) is 21.3. The molecule has 7 nitrogen and oxygen atoms in total. The summed E-state index contributed by atoms with van der Waals surface area (Å²) < 4.78 is 0. The van der Waals surface area contributed by atoms with E-state index in [0.29, 0.717) is 5.82 Å². The minimum Gasteiger partial charge on any atom is -0.394 e. The predicted molar refractivity (Wildman–Crippen MR) is 60.8 cm³/mol. The van der Waals surface area contributed by atoms with Crippen molar-refractivity contribution in [1.82, 2.24) is 9.97 Å². The van der Waals surface area contributed by atoms with Crippen molar-refractivity contribution in [1.29, 1.82) is 0 Å². The lowest BCUT2D eigenvalue weighted by Crippen LogP contribution is -2.43. The van der Waals surface area contributed by atoms with Gasteiger partial charge >= 0.3 is 0 Å². The summed E-state index contributed by atoms with van der Waals surface area (Å²) >= 11 is 0. The van der Waals surface area contributed by atoms with E-state index in [0.717, 1.165) is 5.56 Å². The predicted octanol–water partition coefficient (Wildman–Crippen LogP) is -0.774. The molecule has 1 aromatic heterocycles. The molecule has 0 radical (unpaired) electrons. The number of anilines is 2. The van der Waals surface area contributed by atoms with Crippen molar-refractivity contribution >= 4 is 11.8 Å². The molecule has 1 heterocycles. The number of nitrogens with zero attached hydrogens (tertiary/aromatic N) is 2. The second-order valence-electron chi connectivity index (χ2n) is 3.87. The lowest BCUT2D eigenvalue weighted by molar-refractivity contribution is 0.147. The number of nitrogen functional groups attached to an aromatic ring is 1. The van der Waals surface area contributed by atoms with Crippen LogP contribution in [0.5, 0.6) is 0 Å². The molecule has 0 aliphatic rings. The van der Waals surface area contributed by atoms with Crippen LogP contribution in [-0.2, 0) is 0 Å². The van der Waals surface area contributed by atoms with Gasteiger partial charge in [-0.3, -0.25) is 5.43 Å². The van der Waals surface area contributed by atoms with E-state index in [-0.39, 0.29) is 19.2 Å². The summed E-state index contributed by atoms with van der Waals surface area (Å²) in [6.45, 7) is 3.08. The molecule has 0 spiro atoms. The second kappa shape index (κ2) is 5.06. The number of aliphatic hydroxyl groups is 2. The SMILES string of the molecule is Cc1cnc(NN)nc1NC(C)(CO)CO. The maximum atomic E-state index is 9.16. The van der Waals surface area contributed by atoms with Crippen LogP contribution >= 0.6 is 0 Å². The summed E-state index contributed by atoms with van der Waals surface area (Å²) in [5.74, 6) is 5.99. The molecule has 0 fully saturated rings. The third-order valence-corrected chi connectivity index (χ3v) is 2.22. The number of hydrogen-bond donors (Lipinski definition) is 5. The molecule has 1 rings (SSSR count). The van der Waals surface area contributed by atoms with Gasteiger partial charge in [-0.25, -0.2) is 10.8 Å². The molecule has 0 aliphatic heterocycles. The number of nitrogens with two attached hydrogens (primary N) is 1. The van der Waals surface area contributed by atoms with Crippen LogP contribution in [0.15, 0.2) is 6.20 Å². The topological polar surface area (TPSA) is 116 Å². The average Bonchev–Trinajstić information content (AvgIpc) is 2.32. The van der Waals surface area contributed by atoms with Gasteiger partial charge in [-0.15, -0.1) is 0 Å². The number of hydrazine groups is 1. The quantitative estimate of drug-likeness (QED) is 0.331. The first-order valence-electron chi connectivity index (χ1n) is 4.85. The van der Waals surface area contributed by atoms with E-state index < -0.39 is 5.54 Å². The molecule has 0 aromatic carbocycles. The molecule has 0 amide bonds. The van der Waals surface area contributed by atoms with Gasteiger partial charge in [0.1, 0.15) is 5.82 Å². The van der Waals surface area contributed by atoms with Crippen LogP contribution in [0.4, 0.5) is 11.8 Å². The average molecular weight is 227 g/mol. The van der Waals surface area contributed by atoms with E-state index in [9.17, 15) is 0 Å². The normalized spacial score (nSPS) is 11.3. The highest BCUT2D eigenvalue weighted by Crippen LogP contribution is 2.17. The van der Waals surface area contributed by atoms with Crippen LogP contribution in [0.3, 0.4) is 0 Å². The largest absolute Gasteiger partial charge is 0.394 e. The maximum Gasteiger partial charge on any atom is 0.239 e. The fraction of sp³-hybridized carbons (Fsp3) is 0.556. The highest BCUT2D eigenvalue weighted by atomic mass is 16.3. The van der Waals surface area contributed by atoms with E-state index in [1.807, 2.05) is 6.92 Å². The first kappa shape index (κ1) is 12.6. The van der Waals surface area contributed by atoms with Crippen molar-refractivity contribution in [3.63, 3.8) is 0 Å². The molecular formula is C9H17N5O2. The van der Waals surface area contributed by atoms with Crippen LogP contribution in [-0.4, -0.2) is 38.9 Å². The lowest BCUT2D eigenvalue weighted by Gasteiger charge is -2.27. The van der Waals surface area contributed by atoms with E-state index in [1.165, 1.54) is 0 Å². The van der Waals surface area contributed by atoms with E-state index in [4.69, 9.17) is 16.1 Å². The first-order valence-corrected chi connectivity index (χ1v) is 4.85. The zero-order chi connectivity index (χ0) is 12.2. The summed E-state index contributed by atoms with van der Waals surface area (Å²) in [5.41, 5.74) is 2.30. The Morgan fingerprint density at radius 2 is 2.06 bits per heavy atom. The molecular weight excluding hydrogens is 210 g/mol. The van der Waals surface area contributed by atoms with Gasteiger partial charge in [0.15, 0.2) is 0 Å². The Morgan fingerprint density at radius 1 is 1.44 bits per heavy atom. The van der Waals surface area contributed by atoms with E-state index in [1.54, 1.807) is 13.1 Å². The Balaban J connectivity index is 2.95. The molecule has 16 heavy (non-hydrogen) atoms. The molecule has 0 unspecified atom stereocenters. The minimum absolute atomic E-state index is 0.210. The number of aryl methyl sites for hydroxylation is 1. The van der Waals surface area contributed by atoms with Crippen molar-refractivity contribution in [2.75, 3.05) is 24.0 Å². The summed E-state index contributed by atoms with van der Waals surface area (Å²) in [7, 11) is 0. The van der Waals surface area contributed by atoms with Gasteiger partial charge in [-0.05, 0) is 13.8 Å². The molecule has 1 aromatic rings. The fourth-order valence-electron chi connectivity index (χ4n) is 1.05. The first-order chi connectivity index (χ1) is 7.54. The van der Waals surface area contributed by atoms with Gasteiger partial charge in [0, 0.05) is 11.8 Å². The van der Waals surface area contributed by atoms with Crippen LogP contribution < -0.4 is 16.6 Å². The van der Waals surface area contributed by atoms with Crippen LogP contribution in [0.1, 0.15) is 12.5 Å². The molecule has 0 atom stereocenters. The van der Waals surface area contributed by atoms with E-state index >= 15 is 0 Å². The number of aliphatic hydroxyl groups excluding tert-OH is 2. The maximum absolute atomic E-state index is 9.16. The van der Waals surface area contributed by atoms with Crippen molar-refractivity contribution in [2.24, 2.45) is 5.84 Å². The molecule has 0 saturated heterocycles. The fourth-order valence-corrected chi connectivity index (χ4v) is 1.05. The van der Waals surface area contributed by atoms with Crippen molar-refractivity contribution in [3.8, 4) is 0 Å². The molecule has 0 aliphatic carbocycles. The summed E-state index contributed by atoms with van der Waals surface area (Å²) in [4.78, 5) is 8.02. The Morgan fingerprint density at radius 3 is 2.56 bits per heavy atom. The Bertz CT molecular complexity index is 354. The van der Waals surface area contributed by atoms with Crippen molar-refractivity contribution in [2.45, 2.75) is 19.4 Å². The molecule has 6 N–H and O–H groups in total. The highest BCUT2D eigenvalue weighted by molar-refractivity contribution is 5.48. The van der Waals surface area contributed by atoms with Gasteiger partial charge in [0.05, 0.1) is 18.8 Å². The third-order valence-electron chi connectivity index (χ3n) is 2.22. The number of nitrogens with one attached hydrogen (secondary N) is 2. The van der Waals surface area contributed by atoms with Crippen LogP contribution in [0.25, 0.3) is 0 Å². The van der Waals surface area contributed by atoms with Crippen molar-refractivity contribution < 1.29 is 10.2 Å². The molecule has 7 heteroatoms. The molecule has 0 bridgehead atoms. The van der Waals surface area contributed by atoms with Gasteiger partial charge in [-0.2, -0.15) is 4.98 Å². The number of hydrogen-bond acceptors (Lipinski definition) is 7. The smallest absolute Gasteiger partial charge is 0.239 e. The second-order valence-corrected chi connectivity index (χ2v) is 3.87. The van der Waals surface area contributed by atoms with Gasteiger partial charge in [-0.1, -0.05) is 0 Å². The number of aromatic nitrogens is 2. The van der Waals surface area contributed by atoms with Gasteiger partial charge < -0.3 is 15.5 Å². The van der Waals surface area contributed by atoms with Crippen LogP contribution in [0, 0.1) is 6.92 Å². The van der Waals surface area contributed by atoms with Gasteiger partial charge in [0.25, 0.3) is 0 Å². The summed E-state index contributed by atoms with van der Waals surface area (Å²) in [6, 6.07) is 0. The zero-order valence-electron chi connectivity index (χ0n) is 9.36. The monoisotopic (exact) mass is 227 g/mol. The summed E-state index contributed by atoms with van der Waals surface area (Å²) in [6.07, 6.45) is 1.60. The number of rotatable bonds is 5. The standard InChI is InChI=1S/C9H17N5O2/c1-6-3-11-8(14-10)12-7(6)13-9(2,4-15)5-16/h3,15-16H,4-5,10H2,1-2H3,(H2,11,12,13,14). The Hall–Kier alpha value is -1.44. The highest BCUT2D eigenvalue weighted by Gasteiger charge is 2.23. The lowest BCUT2D eigenvalue weighted by atomic mass is 10.1. The van der Waals surface area contributed by atoms with Crippen molar-refractivity contribution in [3.05, 3.63) is 11.8 Å². The third kappa shape index (κ3) is 2.78.